The molecule has 0 saturated carbocycles. The first-order valence-electron chi connectivity index (χ1n) is 8.63. The minimum absolute atomic E-state index is 0.183. The lowest BCUT2D eigenvalue weighted by atomic mass is 10.2. The van der Waals surface area contributed by atoms with Crippen molar-refractivity contribution in [2.75, 3.05) is 20.3 Å². The van der Waals surface area contributed by atoms with E-state index < -0.39 is 0 Å². The van der Waals surface area contributed by atoms with Gasteiger partial charge < -0.3 is 19.2 Å². The number of ether oxygens (including phenoxy) is 3. The van der Waals surface area contributed by atoms with E-state index in [9.17, 15) is 0 Å². The molecule has 3 aromatic rings. The first kappa shape index (κ1) is 16.0. The number of para-hydroxylation sites is 1. The summed E-state index contributed by atoms with van der Waals surface area (Å²) in [6.07, 6.45) is 2.34. The van der Waals surface area contributed by atoms with Crippen LogP contribution in [0.25, 0.3) is 22.4 Å². The average molecular weight is 338 g/mol. The van der Waals surface area contributed by atoms with Crippen molar-refractivity contribution in [3.8, 4) is 22.9 Å². The smallest absolute Gasteiger partial charge is 0.161 e. The predicted molar refractivity (Wildman–Crippen MR) is 97.3 cm³/mol. The molecule has 1 fully saturated rings. The van der Waals surface area contributed by atoms with Crippen LogP contribution in [0.15, 0.2) is 36.4 Å². The summed E-state index contributed by atoms with van der Waals surface area (Å²) >= 11 is 0. The molecule has 0 bridgehead atoms. The number of H-pyrrole nitrogens is 1. The van der Waals surface area contributed by atoms with E-state index in [0.717, 1.165) is 53.2 Å². The molecule has 2 heterocycles. The maximum absolute atomic E-state index is 5.90. The van der Waals surface area contributed by atoms with E-state index >= 15 is 0 Å². The van der Waals surface area contributed by atoms with Gasteiger partial charge in [-0.2, -0.15) is 0 Å². The Morgan fingerprint density at radius 2 is 2.16 bits per heavy atom. The van der Waals surface area contributed by atoms with Crippen LogP contribution in [0.1, 0.15) is 18.4 Å². The molecule has 0 radical (unpaired) electrons. The molecule has 1 unspecified atom stereocenters. The molecule has 1 saturated heterocycles. The number of imidazole rings is 1. The Hall–Kier alpha value is -2.53. The lowest BCUT2D eigenvalue weighted by Gasteiger charge is -2.14. The summed E-state index contributed by atoms with van der Waals surface area (Å²) in [5, 5.41) is 0. The van der Waals surface area contributed by atoms with Crippen molar-refractivity contribution < 1.29 is 14.2 Å². The van der Waals surface area contributed by atoms with Crippen molar-refractivity contribution in [1.29, 1.82) is 0 Å². The molecule has 5 heteroatoms. The number of nitrogens with zero attached hydrogens (tertiary/aromatic N) is 1. The third-order valence-electron chi connectivity index (χ3n) is 4.60. The molecule has 0 aliphatic carbocycles. The van der Waals surface area contributed by atoms with E-state index in [-0.39, 0.29) is 6.10 Å². The second kappa shape index (κ2) is 6.76. The maximum atomic E-state index is 5.90. The summed E-state index contributed by atoms with van der Waals surface area (Å²) in [6, 6.07) is 12.0. The molecular weight excluding hydrogens is 316 g/mol. The summed E-state index contributed by atoms with van der Waals surface area (Å²) in [4.78, 5) is 8.10. The van der Waals surface area contributed by atoms with Crippen molar-refractivity contribution >= 4 is 11.0 Å². The van der Waals surface area contributed by atoms with Gasteiger partial charge in [0, 0.05) is 12.2 Å². The lowest BCUT2D eigenvalue weighted by Crippen LogP contribution is -2.16. The molecule has 5 nitrogen and oxygen atoms in total. The van der Waals surface area contributed by atoms with Crippen LogP contribution in [0.4, 0.5) is 0 Å². The second-order valence-corrected chi connectivity index (χ2v) is 6.37. The monoisotopic (exact) mass is 338 g/mol. The minimum atomic E-state index is 0.183. The molecule has 1 aliphatic heterocycles. The predicted octanol–water partition coefficient (Wildman–Crippen LogP) is 4.10. The molecule has 130 valence electrons. The number of hydrogen-bond donors (Lipinski definition) is 1. The topological polar surface area (TPSA) is 56.4 Å². The lowest BCUT2D eigenvalue weighted by molar-refractivity contribution is 0.0670. The van der Waals surface area contributed by atoms with Gasteiger partial charge in [-0.15, -0.1) is 0 Å². The first-order chi connectivity index (χ1) is 12.2. The summed E-state index contributed by atoms with van der Waals surface area (Å²) in [7, 11) is 1.65. The van der Waals surface area contributed by atoms with Crippen LogP contribution in [0.3, 0.4) is 0 Å². The number of rotatable bonds is 5. The van der Waals surface area contributed by atoms with Crippen molar-refractivity contribution in [3.63, 3.8) is 0 Å². The Labute approximate surface area is 146 Å². The Morgan fingerprint density at radius 3 is 2.92 bits per heavy atom. The number of aromatic amines is 1. The van der Waals surface area contributed by atoms with Crippen LogP contribution in [-0.2, 0) is 4.74 Å². The number of fused-ring (bicyclic) bond motifs is 1. The highest BCUT2D eigenvalue weighted by atomic mass is 16.5. The van der Waals surface area contributed by atoms with Crippen LogP contribution in [0.5, 0.6) is 11.5 Å². The van der Waals surface area contributed by atoms with Crippen LogP contribution in [0.2, 0.25) is 0 Å². The molecule has 0 spiro atoms. The third-order valence-corrected chi connectivity index (χ3v) is 4.60. The van der Waals surface area contributed by atoms with Gasteiger partial charge in [-0.25, -0.2) is 4.98 Å². The van der Waals surface area contributed by atoms with Gasteiger partial charge in [0.25, 0.3) is 0 Å². The molecule has 2 aromatic carbocycles. The average Bonchev–Trinajstić information content (AvgIpc) is 3.30. The Kier molecular flexibility index (Phi) is 4.32. The van der Waals surface area contributed by atoms with Crippen LogP contribution in [-0.4, -0.2) is 36.4 Å². The zero-order valence-corrected chi connectivity index (χ0v) is 14.5. The van der Waals surface area contributed by atoms with Crippen LogP contribution >= 0.6 is 0 Å². The van der Waals surface area contributed by atoms with Crippen LogP contribution in [0, 0.1) is 6.92 Å². The van der Waals surface area contributed by atoms with E-state index in [4.69, 9.17) is 19.2 Å². The Morgan fingerprint density at radius 1 is 1.24 bits per heavy atom. The van der Waals surface area contributed by atoms with Gasteiger partial charge in [0.05, 0.1) is 24.2 Å². The zero-order valence-electron chi connectivity index (χ0n) is 14.5. The van der Waals surface area contributed by atoms with E-state index in [1.165, 1.54) is 0 Å². The van der Waals surface area contributed by atoms with Gasteiger partial charge in [0.1, 0.15) is 12.4 Å². The third kappa shape index (κ3) is 3.20. The summed E-state index contributed by atoms with van der Waals surface area (Å²) in [6.45, 7) is 3.45. The van der Waals surface area contributed by atoms with Crippen molar-refractivity contribution in [3.05, 3.63) is 42.0 Å². The second-order valence-electron chi connectivity index (χ2n) is 6.37. The van der Waals surface area contributed by atoms with Gasteiger partial charge in [-0.1, -0.05) is 12.1 Å². The molecule has 1 aliphatic rings. The molecular formula is C20H22N2O3. The number of benzene rings is 2. The van der Waals surface area contributed by atoms with E-state index in [2.05, 4.69) is 18.0 Å². The van der Waals surface area contributed by atoms with Gasteiger partial charge in [0.2, 0.25) is 0 Å². The molecule has 1 N–H and O–H groups in total. The molecule has 4 rings (SSSR count). The minimum Gasteiger partial charge on any atom is -0.493 e. The highest BCUT2D eigenvalue weighted by Gasteiger charge is 2.17. The number of nitrogens with one attached hydrogen (secondary N) is 1. The number of methoxy groups -OCH3 is 1. The highest BCUT2D eigenvalue weighted by molar-refractivity contribution is 5.82. The highest BCUT2D eigenvalue weighted by Crippen LogP contribution is 2.33. The van der Waals surface area contributed by atoms with Gasteiger partial charge >= 0.3 is 0 Å². The number of hydrogen-bond acceptors (Lipinski definition) is 4. The van der Waals surface area contributed by atoms with Gasteiger partial charge in [0.15, 0.2) is 11.5 Å². The molecule has 1 aromatic heterocycles. The number of aromatic nitrogens is 2. The van der Waals surface area contributed by atoms with E-state index in [1.54, 1.807) is 7.11 Å². The molecule has 1 atom stereocenters. The molecule has 25 heavy (non-hydrogen) atoms. The quantitative estimate of drug-likeness (QED) is 0.761. The van der Waals surface area contributed by atoms with Gasteiger partial charge in [-0.3, -0.25) is 0 Å². The van der Waals surface area contributed by atoms with Crippen molar-refractivity contribution in [2.45, 2.75) is 25.9 Å². The van der Waals surface area contributed by atoms with E-state index in [0.29, 0.717) is 12.4 Å². The largest absolute Gasteiger partial charge is 0.493 e. The zero-order chi connectivity index (χ0) is 17.2. The van der Waals surface area contributed by atoms with Crippen molar-refractivity contribution in [2.24, 2.45) is 0 Å². The normalized spacial score (nSPS) is 17.1. The maximum Gasteiger partial charge on any atom is 0.161 e. The Balaban J connectivity index is 1.60. The fourth-order valence-electron chi connectivity index (χ4n) is 3.20. The SMILES string of the molecule is COc1cc(-c2nc3c(C)cccc3[nH]2)ccc1OCC1CCCO1. The van der Waals surface area contributed by atoms with Gasteiger partial charge in [-0.05, 0) is 49.6 Å². The fraction of sp³-hybridized carbons (Fsp3) is 0.350. The molecule has 0 amide bonds. The fourth-order valence-corrected chi connectivity index (χ4v) is 3.20. The number of aryl methyl sites for hydroxylation is 1. The summed E-state index contributed by atoms with van der Waals surface area (Å²) in [5.41, 5.74) is 4.16. The summed E-state index contributed by atoms with van der Waals surface area (Å²) < 4.78 is 17.0. The van der Waals surface area contributed by atoms with Crippen molar-refractivity contribution in [1.82, 2.24) is 9.97 Å². The summed E-state index contributed by atoms with van der Waals surface area (Å²) in [5.74, 6) is 2.26. The standard InChI is InChI=1S/C20H22N2O3/c1-13-5-3-7-16-19(13)22-20(21-16)14-8-9-17(18(11-14)23-2)25-12-15-6-4-10-24-15/h3,5,7-9,11,15H,4,6,10,12H2,1-2H3,(H,21,22). The van der Waals surface area contributed by atoms with E-state index in [1.807, 2.05) is 30.3 Å². The Bertz CT molecular complexity index is 882. The first-order valence-corrected chi connectivity index (χ1v) is 8.63. The van der Waals surface area contributed by atoms with Crippen LogP contribution < -0.4 is 9.47 Å².